The van der Waals surface area contributed by atoms with Crippen molar-refractivity contribution < 1.29 is 23.1 Å². The molecule has 0 unspecified atom stereocenters. The minimum atomic E-state index is -4.54. The second kappa shape index (κ2) is 6.17. The molecule has 0 saturated heterocycles. The Labute approximate surface area is 124 Å². The van der Waals surface area contributed by atoms with E-state index in [0.29, 0.717) is 17.5 Å². The van der Waals surface area contributed by atoms with Gasteiger partial charge in [0.15, 0.2) is 0 Å². The lowest BCUT2D eigenvalue weighted by molar-refractivity contribution is -0.143. The Hall–Kier alpha value is -2.38. The van der Waals surface area contributed by atoms with Gasteiger partial charge in [0.05, 0.1) is 5.69 Å². The summed E-state index contributed by atoms with van der Waals surface area (Å²) in [6, 6.07) is 3.01. The molecule has 0 atom stereocenters. The predicted molar refractivity (Wildman–Crippen MR) is 71.6 cm³/mol. The van der Waals surface area contributed by atoms with Gasteiger partial charge in [-0.05, 0) is 18.6 Å². The summed E-state index contributed by atoms with van der Waals surface area (Å²) in [5.74, 6) is -1.36. The second-order valence-corrected chi connectivity index (χ2v) is 4.74. The van der Waals surface area contributed by atoms with Crippen molar-refractivity contribution in [2.45, 2.75) is 32.5 Å². The van der Waals surface area contributed by atoms with Gasteiger partial charge in [-0.1, -0.05) is 13.3 Å². The van der Waals surface area contributed by atoms with E-state index in [9.17, 15) is 23.1 Å². The summed E-state index contributed by atoms with van der Waals surface area (Å²) < 4.78 is 37.9. The molecule has 22 heavy (non-hydrogen) atoms. The van der Waals surface area contributed by atoms with Gasteiger partial charge in [0, 0.05) is 18.0 Å². The summed E-state index contributed by atoms with van der Waals surface area (Å²) in [6.07, 6.45) is -0.910. The van der Waals surface area contributed by atoms with Crippen LogP contribution in [0.4, 0.5) is 13.2 Å². The van der Waals surface area contributed by atoms with Gasteiger partial charge in [0.25, 0.3) is 0 Å². The smallest absolute Gasteiger partial charge is 0.408 e. The quantitative estimate of drug-likeness (QED) is 0.862. The Morgan fingerprint density at radius 3 is 2.68 bits per heavy atom. The van der Waals surface area contributed by atoms with E-state index < -0.39 is 24.4 Å². The van der Waals surface area contributed by atoms with Crippen LogP contribution < -0.4 is 0 Å². The Morgan fingerprint density at radius 1 is 1.41 bits per heavy atom. The number of aryl methyl sites for hydroxylation is 1. The van der Waals surface area contributed by atoms with E-state index in [4.69, 9.17) is 0 Å². The van der Waals surface area contributed by atoms with Crippen LogP contribution in [-0.4, -0.2) is 31.8 Å². The molecule has 0 aliphatic heterocycles. The maximum Gasteiger partial charge on any atom is 0.408 e. The van der Waals surface area contributed by atoms with Crippen LogP contribution >= 0.6 is 0 Å². The van der Waals surface area contributed by atoms with Crippen molar-refractivity contribution in [1.82, 2.24) is 14.8 Å². The van der Waals surface area contributed by atoms with Gasteiger partial charge in [-0.25, -0.2) is 4.68 Å². The van der Waals surface area contributed by atoms with Crippen molar-refractivity contribution in [2.75, 3.05) is 0 Å². The van der Waals surface area contributed by atoms with Gasteiger partial charge < -0.3 is 5.11 Å². The molecule has 0 aromatic carbocycles. The molecule has 2 rings (SSSR count). The van der Waals surface area contributed by atoms with Gasteiger partial charge >= 0.3 is 6.18 Å². The number of pyridine rings is 1. The number of nitrogens with zero attached hydrogens (tertiary/aromatic N) is 3. The molecular formula is C14H14F3N3O2. The topological polar surface area (TPSA) is 68.0 Å². The van der Waals surface area contributed by atoms with Crippen molar-refractivity contribution in [3.05, 3.63) is 41.3 Å². The lowest BCUT2D eigenvalue weighted by Gasteiger charge is -2.07. The zero-order valence-electron chi connectivity index (χ0n) is 11.8. The summed E-state index contributed by atoms with van der Waals surface area (Å²) in [4.78, 5) is 16.2. The van der Waals surface area contributed by atoms with Gasteiger partial charge in [-0.15, -0.1) is 0 Å². The summed E-state index contributed by atoms with van der Waals surface area (Å²) in [5.41, 5.74) is 0.138. The van der Waals surface area contributed by atoms with Crippen LogP contribution in [0, 0.1) is 0 Å². The van der Waals surface area contributed by atoms with E-state index in [1.807, 2.05) is 0 Å². The van der Waals surface area contributed by atoms with Crippen LogP contribution in [0.25, 0.3) is 0 Å². The molecule has 118 valence electrons. The van der Waals surface area contributed by atoms with Crippen molar-refractivity contribution in [3.63, 3.8) is 0 Å². The molecule has 0 aliphatic carbocycles. The van der Waals surface area contributed by atoms with E-state index in [0.717, 1.165) is 0 Å². The van der Waals surface area contributed by atoms with E-state index >= 15 is 0 Å². The number of alkyl halides is 3. The molecule has 0 amide bonds. The van der Waals surface area contributed by atoms with E-state index in [2.05, 4.69) is 10.1 Å². The number of carbonyl (C=O) groups is 1. The molecule has 5 nitrogen and oxygen atoms in total. The average molecular weight is 313 g/mol. The highest BCUT2D eigenvalue weighted by atomic mass is 19.4. The number of aromatic nitrogens is 3. The van der Waals surface area contributed by atoms with Crippen LogP contribution in [0.2, 0.25) is 0 Å². The number of aromatic hydroxyl groups is 1. The summed E-state index contributed by atoms with van der Waals surface area (Å²) in [7, 11) is 0. The number of rotatable bonds is 5. The highest BCUT2D eigenvalue weighted by molar-refractivity contribution is 6.11. The molecule has 2 heterocycles. The minimum Gasteiger partial charge on any atom is -0.493 e. The number of hydrogen-bond donors (Lipinski definition) is 1. The van der Waals surface area contributed by atoms with Crippen LogP contribution in [-0.2, 0) is 13.0 Å². The molecule has 2 aromatic rings. The maximum absolute atomic E-state index is 12.5. The maximum atomic E-state index is 12.5. The first kappa shape index (κ1) is 16.0. The largest absolute Gasteiger partial charge is 0.493 e. The number of halogens is 3. The Morgan fingerprint density at radius 2 is 2.14 bits per heavy atom. The van der Waals surface area contributed by atoms with Crippen LogP contribution in [0.1, 0.15) is 35.0 Å². The zero-order valence-corrected chi connectivity index (χ0v) is 11.8. The lowest BCUT2D eigenvalue weighted by Crippen LogP contribution is -2.18. The molecule has 0 bridgehead atoms. The highest BCUT2D eigenvalue weighted by Crippen LogP contribution is 2.28. The van der Waals surface area contributed by atoms with Crippen molar-refractivity contribution in [1.29, 1.82) is 0 Å². The van der Waals surface area contributed by atoms with Gasteiger partial charge in [-0.2, -0.15) is 18.3 Å². The Bertz CT molecular complexity index is 666. The number of ketones is 1. The van der Waals surface area contributed by atoms with Gasteiger partial charge in [0.1, 0.15) is 12.1 Å². The summed E-state index contributed by atoms with van der Waals surface area (Å²) in [6.45, 7) is 0.355. The Kier molecular flexibility index (Phi) is 4.48. The number of hydrogen-bond acceptors (Lipinski definition) is 4. The zero-order chi connectivity index (χ0) is 16.3. The fraction of sp³-hybridized carbons (Fsp3) is 0.357. The third kappa shape index (κ3) is 3.44. The van der Waals surface area contributed by atoms with E-state index in [1.54, 1.807) is 6.92 Å². The van der Waals surface area contributed by atoms with Crippen LogP contribution in [0.3, 0.4) is 0 Å². The first-order valence-electron chi connectivity index (χ1n) is 6.63. The average Bonchev–Trinajstić information content (AvgIpc) is 2.74. The molecule has 0 fully saturated rings. The first-order valence-corrected chi connectivity index (χ1v) is 6.63. The third-order valence-corrected chi connectivity index (χ3v) is 2.96. The minimum absolute atomic E-state index is 0.151. The Balaban J connectivity index is 2.47. The highest BCUT2D eigenvalue weighted by Gasteiger charge is 2.33. The predicted octanol–water partition coefficient (Wildman–Crippen LogP) is 2.73. The fourth-order valence-corrected chi connectivity index (χ4v) is 2.07. The fourth-order valence-electron chi connectivity index (χ4n) is 2.07. The molecule has 0 saturated carbocycles. The van der Waals surface area contributed by atoms with Crippen molar-refractivity contribution in [3.8, 4) is 5.88 Å². The van der Waals surface area contributed by atoms with Crippen molar-refractivity contribution in [2.24, 2.45) is 0 Å². The normalized spacial score (nSPS) is 11.6. The standard InChI is InChI=1S/C14H14F3N3O2/c1-2-4-10-11(12(21)9-5-3-6-18-7-9)13(22)20(19-10)8-14(15,16)17/h3,5-7,22H,2,4,8H2,1H3. The molecule has 8 heteroatoms. The molecule has 0 radical (unpaired) electrons. The van der Waals surface area contributed by atoms with E-state index in [-0.39, 0.29) is 16.8 Å². The molecule has 1 N–H and O–H groups in total. The van der Waals surface area contributed by atoms with Crippen LogP contribution in [0.5, 0.6) is 5.88 Å². The molecule has 0 spiro atoms. The molecule has 2 aromatic heterocycles. The number of carbonyl (C=O) groups excluding carboxylic acids is 1. The van der Waals surface area contributed by atoms with Crippen LogP contribution in [0.15, 0.2) is 24.5 Å². The molecular weight excluding hydrogens is 299 g/mol. The SMILES string of the molecule is CCCc1nn(CC(F)(F)F)c(O)c1C(=O)c1cccnc1. The lowest BCUT2D eigenvalue weighted by atomic mass is 10.0. The summed E-state index contributed by atoms with van der Waals surface area (Å²) >= 11 is 0. The van der Waals surface area contributed by atoms with Crippen molar-refractivity contribution >= 4 is 5.78 Å². The van der Waals surface area contributed by atoms with Gasteiger partial charge in [0.2, 0.25) is 11.7 Å². The van der Waals surface area contributed by atoms with Gasteiger partial charge in [-0.3, -0.25) is 9.78 Å². The summed E-state index contributed by atoms with van der Waals surface area (Å²) in [5, 5.41) is 13.7. The third-order valence-electron chi connectivity index (χ3n) is 2.96. The van der Waals surface area contributed by atoms with E-state index in [1.165, 1.54) is 24.5 Å². The second-order valence-electron chi connectivity index (χ2n) is 4.74. The first-order chi connectivity index (χ1) is 10.3. The monoisotopic (exact) mass is 313 g/mol. The molecule has 0 aliphatic rings.